The molecule has 1 atom stereocenters. The average Bonchev–Trinajstić information content (AvgIpc) is 2.71. The molecule has 0 radical (unpaired) electrons. The van der Waals surface area contributed by atoms with Crippen LogP contribution in [0.15, 0.2) is 53.4 Å². The van der Waals surface area contributed by atoms with Crippen molar-refractivity contribution in [2.45, 2.75) is 55.3 Å². The molecular weight excluding hydrogens is 453 g/mol. The van der Waals surface area contributed by atoms with Crippen molar-refractivity contribution in [3.8, 4) is 0 Å². The Hall–Kier alpha value is -2.06. The smallest absolute Gasteiger partial charge is 0.416 e. The molecule has 0 aromatic heterocycles. The number of carbonyl (C=O) groups excluding carboxylic acids is 1. The van der Waals surface area contributed by atoms with Crippen molar-refractivity contribution in [3.05, 3.63) is 64.7 Å². The second-order valence-corrected chi connectivity index (χ2v) is 9.60. The number of carbonyl (C=O) groups is 1. The van der Waals surface area contributed by atoms with Gasteiger partial charge in [0.05, 0.1) is 17.1 Å². The minimum atomic E-state index is -4.69. The highest BCUT2D eigenvalue weighted by molar-refractivity contribution is 7.92. The van der Waals surface area contributed by atoms with Gasteiger partial charge in [-0.2, -0.15) is 13.2 Å². The minimum Gasteiger partial charge on any atom is -0.465 e. The number of ether oxygens (including phenoxy) is 1. The van der Waals surface area contributed by atoms with Crippen LogP contribution in [0.4, 0.5) is 13.2 Å². The molecule has 2 aromatic carbocycles. The highest BCUT2D eigenvalue weighted by Gasteiger charge is 2.37. The molecular formula is C22H24ClF3O4S. The molecule has 0 saturated carbocycles. The summed E-state index contributed by atoms with van der Waals surface area (Å²) in [4.78, 5) is 11.8. The monoisotopic (exact) mass is 476 g/mol. The summed E-state index contributed by atoms with van der Waals surface area (Å²) in [6.07, 6.45) is -2.13. The van der Waals surface area contributed by atoms with E-state index in [1.165, 1.54) is 6.92 Å². The topological polar surface area (TPSA) is 60.4 Å². The van der Waals surface area contributed by atoms with Gasteiger partial charge >= 0.3 is 12.1 Å². The summed E-state index contributed by atoms with van der Waals surface area (Å²) in [5.74, 6) is -0.947. The fraction of sp³-hybridized carbons (Fsp3) is 0.409. The molecule has 0 fully saturated rings. The summed E-state index contributed by atoms with van der Waals surface area (Å²) in [6.45, 7) is 1.52. The van der Waals surface area contributed by atoms with Gasteiger partial charge in [-0.15, -0.1) is 0 Å². The Morgan fingerprint density at radius 2 is 1.74 bits per heavy atom. The van der Waals surface area contributed by atoms with Crippen molar-refractivity contribution in [2.24, 2.45) is 0 Å². The van der Waals surface area contributed by atoms with Crippen LogP contribution in [0, 0.1) is 0 Å². The first-order valence-electron chi connectivity index (χ1n) is 9.88. The number of alkyl halides is 3. The summed E-state index contributed by atoms with van der Waals surface area (Å²) in [5.41, 5.74) is 0.00192. The summed E-state index contributed by atoms with van der Waals surface area (Å²) >= 11 is 5.85. The predicted molar refractivity (Wildman–Crippen MR) is 113 cm³/mol. The number of benzene rings is 2. The third-order valence-electron chi connectivity index (χ3n) is 4.76. The Bertz CT molecular complexity index is 973. The van der Waals surface area contributed by atoms with Gasteiger partial charge < -0.3 is 4.74 Å². The van der Waals surface area contributed by atoms with Gasteiger partial charge in [-0.1, -0.05) is 42.6 Å². The lowest BCUT2D eigenvalue weighted by atomic mass is 10.1. The van der Waals surface area contributed by atoms with Gasteiger partial charge in [0.15, 0.2) is 15.1 Å². The number of unbranched alkanes of at least 4 members (excludes halogenated alkanes) is 2. The van der Waals surface area contributed by atoms with Crippen molar-refractivity contribution in [2.75, 3.05) is 6.61 Å². The van der Waals surface area contributed by atoms with Crippen LogP contribution < -0.4 is 0 Å². The van der Waals surface area contributed by atoms with E-state index in [9.17, 15) is 26.4 Å². The summed E-state index contributed by atoms with van der Waals surface area (Å²) in [7, 11) is -4.34. The van der Waals surface area contributed by atoms with E-state index in [1.54, 1.807) is 12.1 Å². The zero-order valence-electron chi connectivity index (χ0n) is 17.0. The highest BCUT2D eigenvalue weighted by atomic mass is 35.5. The number of hydrogen-bond donors (Lipinski definition) is 0. The van der Waals surface area contributed by atoms with Crippen LogP contribution in [0.1, 0.15) is 43.7 Å². The molecule has 170 valence electrons. The average molecular weight is 477 g/mol. The van der Waals surface area contributed by atoms with E-state index in [-0.39, 0.29) is 13.0 Å². The number of halogens is 4. The van der Waals surface area contributed by atoms with Crippen LogP contribution >= 0.6 is 11.6 Å². The first kappa shape index (κ1) is 25.2. The van der Waals surface area contributed by atoms with Gasteiger partial charge in [0.25, 0.3) is 0 Å². The van der Waals surface area contributed by atoms with Crippen molar-refractivity contribution < 1.29 is 31.1 Å². The van der Waals surface area contributed by atoms with Gasteiger partial charge in [0.2, 0.25) is 0 Å². The van der Waals surface area contributed by atoms with Crippen molar-refractivity contribution >= 4 is 27.4 Å². The molecule has 0 bridgehead atoms. The molecule has 0 saturated heterocycles. The lowest BCUT2D eigenvalue weighted by Crippen LogP contribution is -2.32. The van der Waals surface area contributed by atoms with Crippen LogP contribution in [0.25, 0.3) is 0 Å². The zero-order valence-corrected chi connectivity index (χ0v) is 18.6. The van der Waals surface area contributed by atoms with Crippen LogP contribution in [-0.4, -0.2) is 26.2 Å². The number of aryl methyl sites for hydroxylation is 1. The third kappa shape index (κ3) is 7.25. The lowest BCUT2D eigenvalue weighted by Gasteiger charge is -2.17. The van der Waals surface area contributed by atoms with Gasteiger partial charge in [-0.05, 0) is 62.1 Å². The van der Waals surface area contributed by atoms with Crippen LogP contribution in [0.5, 0.6) is 0 Å². The maximum atomic E-state index is 13.0. The molecule has 0 N–H and O–H groups in total. The summed E-state index contributed by atoms with van der Waals surface area (Å²) < 4.78 is 69.8. The van der Waals surface area contributed by atoms with E-state index >= 15 is 0 Å². The molecule has 0 amide bonds. The molecule has 31 heavy (non-hydrogen) atoms. The van der Waals surface area contributed by atoms with Gasteiger partial charge in [0, 0.05) is 5.02 Å². The van der Waals surface area contributed by atoms with E-state index in [2.05, 4.69) is 0 Å². The summed E-state index contributed by atoms with van der Waals surface area (Å²) in [6, 6.07) is 10.8. The fourth-order valence-electron chi connectivity index (χ4n) is 3.14. The van der Waals surface area contributed by atoms with Gasteiger partial charge in [-0.3, -0.25) is 4.79 Å². The van der Waals surface area contributed by atoms with E-state index in [1.807, 2.05) is 12.1 Å². The first-order chi connectivity index (χ1) is 14.6. The predicted octanol–water partition coefficient (Wildman–Crippen LogP) is 5.87. The molecule has 4 nitrogen and oxygen atoms in total. The molecule has 0 spiro atoms. The molecule has 2 aromatic rings. The van der Waals surface area contributed by atoms with E-state index in [4.69, 9.17) is 16.3 Å². The van der Waals surface area contributed by atoms with Crippen LogP contribution in [0.3, 0.4) is 0 Å². The molecule has 2 rings (SSSR count). The Labute approximate surface area is 185 Å². The number of hydrogen-bond acceptors (Lipinski definition) is 4. The Kier molecular flexibility index (Phi) is 8.94. The van der Waals surface area contributed by atoms with Crippen LogP contribution in [0.2, 0.25) is 5.02 Å². The standard InChI is InChI=1S/C22H24ClF3O4S/c1-2-30-21(27)20(10-5-3-4-7-16-11-13-18(23)14-12-16)31(28,29)19-9-6-8-17(15-19)22(24,25)26/h6,8-9,11-15,20H,2-5,7,10H2,1H3. The number of sulfone groups is 1. The largest absolute Gasteiger partial charge is 0.465 e. The molecule has 0 aliphatic rings. The molecule has 0 heterocycles. The Morgan fingerprint density at radius 1 is 1.06 bits per heavy atom. The van der Waals surface area contributed by atoms with Gasteiger partial charge in [0.1, 0.15) is 0 Å². The van der Waals surface area contributed by atoms with E-state index < -0.39 is 37.7 Å². The quantitative estimate of drug-likeness (QED) is 0.318. The Morgan fingerprint density at radius 3 is 2.35 bits per heavy atom. The van der Waals surface area contributed by atoms with Crippen LogP contribution in [-0.2, 0) is 32.0 Å². The molecule has 0 aliphatic carbocycles. The molecule has 9 heteroatoms. The maximum absolute atomic E-state index is 13.0. The highest BCUT2D eigenvalue weighted by Crippen LogP contribution is 2.32. The number of esters is 1. The van der Waals surface area contributed by atoms with E-state index in [0.717, 1.165) is 36.6 Å². The normalized spacial score (nSPS) is 13.1. The fourth-order valence-corrected chi connectivity index (χ4v) is 4.95. The first-order valence-corrected chi connectivity index (χ1v) is 11.8. The van der Waals surface area contributed by atoms with E-state index in [0.29, 0.717) is 23.9 Å². The second kappa shape index (κ2) is 11.0. The summed E-state index contributed by atoms with van der Waals surface area (Å²) in [5, 5.41) is -0.910. The SMILES string of the molecule is CCOC(=O)C(CCCCCc1ccc(Cl)cc1)S(=O)(=O)c1cccc(C(F)(F)F)c1. The van der Waals surface area contributed by atoms with Crippen molar-refractivity contribution in [3.63, 3.8) is 0 Å². The zero-order chi connectivity index (χ0) is 23.1. The molecule has 0 aliphatic heterocycles. The van der Waals surface area contributed by atoms with Gasteiger partial charge in [-0.25, -0.2) is 8.42 Å². The third-order valence-corrected chi connectivity index (χ3v) is 7.10. The lowest BCUT2D eigenvalue weighted by molar-refractivity contribution is -0.142. The minimum absolute atomic E-state index is 0.0238. The molecule has 1 unspecified atom stereocenters. The van der Waals surface area contributed by atoms with Crippen molar-refractivity contribution in [1.82, 2.24) is 0 Å². The Balaban J connectivity index is 2.08. The second-order valence-electron chi connectivity index (χ2n) is 7.04. The van der Waals surface area contributed by atoms with Crippen molar-refractivity contribution in [1.29, 1.82) is 0 Å². The maximum Gasteiger partial charge on any atom is 0.416 e. The number of rotatable bonds is 10.